The molecule has 1 aliphatic rings. The van der Waals surface area contributed by atoms with E-state index >= 15 is 0 Å². The Labute approximate surface area is 102 Å². The van der Waals surface area contributed by atoms with Crippen LogP contribution in [0, 0.1) is 0 Å². The van der Waals surface area contributed by atoms with Crippen molar-refractivity contribution in [3.05, 3.63) is 12.2 Å². The van der Waals surface area contributed by atoms with E-state index in [2.05, 4.69) is 19.9 Å². The number of hydrogen-bond acceptors (Lipinski definition) is 7. The van der Waals surface area contributed by atoms with Crippen molar-refractivity contribution in [1.82, 2.24) is 19.9 Å². The van der Waals surface area contributed by atoms with Crippen molar-refractivity contribution in [3.63, 3.8) is 0 Å². The molecule has 1 fully saturated rings. The van der Waals surface area contributed by atoms with Gasteiger partial charge in [-0.2, -0.15) is 0 Å². The molecule has 5 N–H and O–H groups in total. The normalized spacial score (nSPS) is 28.0. The lowest BCUT2D eigenvalue weighted by Crippen LogP contribution is -2.13. The van der Waals surface area contributed by atoms with E-state index in [1.807, 2.05) is 0 Å². The number of nitrogens with zero attached hydrogens (tertiary/aromatic N) is 3. The Morgan fingerprint density at radius 3 is 3.00 bits per heavy atom. The van der Waals surface area contributed by atoms with Crippen molar-refractivity contribution in [2.75, 3.05) is 12.3 Å². The van der Waals surface area contributed by atoms with E-state index in [0.717, 1.165) is 0 Å². The van der Waals surface area contributed by atoms with Crippen LogP contribution in [0.4, 0.5) is 5.82 Å². The third kappa shape index (κ3) is 1.70. The number of nitrogens with one attached hydrogen (secondary N) is 1. The zero-order valence-corrected chi connectivity index (χ0v) is 9.45. The van der Waals surface area contributed by atoms with E-state index < -0.39 is 12.2 Å². The Morgan fingerprint density at radius 1 is 1.50 bits per heavy atom. The summed E-state index contributed by atoms with van der Waals surface area (Å²) in [5.74, 6) is 0.741. The minimum Gasteiger partial charge on any atom is -0.394 e. The van der Waals surface area contributed by atoms with Gasteiger partial charge in [-0.15, -0.1) is 0 Å². The maximum Gasteiger partial charge on any atom is 0.183 e. The molecule has 0 spiro atoms. The molecule has 0 radical (unpaired) electrons. The molecule has 2 aromatic rings. The van der Waals surface area contributed by atoms with Crippen molar-refractivity contribution in [2.45, 2.75) is 24.7 Å². The van der Waals surface area contributed by atoms with E-state index in [9.17, 15) is 5.11 Å². The van der Waals surface area contributed by atoms with Crippen LogP contribution >= 0.6 is 0 Å². The fourth-order valence-corrected chi connectivity index (χ4v) is 2.11. The number of nitrogens with two attached hydrogens (primary N) is 1. The number of imidazole rings is 1. The number of ether oxygens (including phenoxy) is 1. The lowest BCUT2D eigenvalue weighted by molar-refractivity contribution is -0.0146. The molecule has 3 heterocycles. The molecular weight excluding hydrogens is 238 g/mol. The zero-order valence-electron chi connectivity index (χ0n) is 9.45. The van der Waals surface area contributed by atoms with Crippen molar-refractivity contribution in [3.8, 4) is 0 Å². The second-order valence-corrected chi connectivity index (χ2v) is 4.24. The Bertz CT molecular complexity index is 572. The molecule has 2 aromatic heterocycles. The van der Waals surface area contributed by atoms with E-state index in [1.165, 1.54) is 6.33 Å². The van der Waals surface area contributed by atoms with Gasteiger partial charge in [0.25, 0.3) is 0 Å². The molecule has 3 atom stereocenters. The summed E-state index contributed by atoms with van der Waals surface area (Å²) in [6.45, 7) is -0.129. The first-order valence-electron chi connectivity index (χ1n) is 5.59. The van der Waals surface area contributed by atoms with Crippen molar-refractivity contribution in [2.24, 2.45) is 0 Å². The minimum absolute atomic E-state index is 0.129. The average molecular weight is 251 g/mol. The fourth-order valence-electron chi connectivity index (χ4n) is 2.11. The van der Waals surface area contributed by atoms with Gasteiger partial charge in [0.2, 0.25) is 0 Å². The molecular formula is C10H13N5O3. The molecule has 0 amide bonds. The van der Waals surface area contributed by atoms with E-state index in [4.69, 9.17) is 15.6 Å². The number of hydrogen-bond donors (Lipinski definition) is 4. The van der Waals surface area contributed by atoms with Gasteiger partial charge in [0.05, 0.1) is 18.8 Å². The van der Waals surface area contributed by atoms with Gasteiger partial charge in [0.15, 0.2) is 11.5 Å². The van der Waals surface area contributed by atoms with Gasteiger partial charge in [-0.25, -0.2) is 15.0 Å². The van der Waals surface area contributed by atoms with E-state index in [-0.39, 0.29) is 12.7 Å². The SMILES string of the molecule is Nc1ncnc2nc(C3OC(CO)CC3O)[nH]c12. The number of fused-ring (bicyclic) bond motifs is 1. The predicted molar refractivity (Wildman–Crippen MR) is 61.4 cm³/mol. The topological polar surface area (TPSA) is 130 Å². The first-order valence-corrected chi connectivity index (χ1v) is 5.59. The molecule has 3 unspecified atom stereocenters. The summed E-state index contributed by atoms with van der Waals surface area (Å²) in [5, 5.41) is 18.9. The smallest absolute Gasteiger partial charge is 0.183 e. The van der Waals surface area contributed by atoms with Crippen LogP contribution < -0.4 is 5.73 Å². The second kappa shape index (κ2) is 4.16. The number of nitrogen functional groups attached to an aromatic ring is 1. The molecule has 3 rings (SSSR count). The number of aromatic amines is 1. The minimum atomic E-state index is -0.711. The van der Waals surface area contributed by atoms with Crippen LogP contribution in [0.3, 0.4) is 0 Å². The first-order chi connectivity index (χ1) is 8.69. The van der Waals surface area contributed by atoms with Gasteiger partial charge in [-0.05, 0) is 0 Å². The Hall–Kier alpha value is -1.77. The third-order valence-corrected chi connectivity index (χ3v) is 3.00. The summed E-state index contributed by atoms with van der Waals surface area (Å²) in [7, 11) is 0. The van der Waals surface area contributed by atoms with Crippen LogP contribution in [0.5, 0.6) is 0 Å². The lowest BCUT2D eigenvalue weighted by Gasteiger charge is -2.10. The number of aromatic nitrogens is 4. The van der Waals surface area contributed by atoms with E-state index in [0.29, 0.717) is 29.2 Å². The second-order valence-electron chi connectivity index (χ2n) is 4.24. The van der Waals surface area contributed by atoms with Gasteiger partial charge in [0.1, 0.15) is 23.8 Å². The monoisotopic (exact) mass is 251 g/mol. The summed E-state index contributed by atoms with van der Waals surface area (Å²) in [4.78, 5) is 15.0. The standard InChI is InChI=1S/C10H13N5O3/c11-8-6-9(13-3-12-8)15-10(14-6)7-5(17)1-4(2-16)18-7/h3-5,7,16-17H,1-2H2,(H3,11,12,13,14,15). The highest BCUT2D eigenvalue weighted by molar-refractivity contribution is 5.81. The van der Waals surface area contributed by atoms with Gasteiger partial charge in [-0.1, -0.05) is 0 Å². The molecule has 0 saturated carbocycles. The molecule has 0 bridgehead atoms. The summed E-state index contributed by atoms with van der Waals surface area (Å²) < 4.78 is 5.50. The van der Waals surface area contributed by atoms with Gasteiger partial charge in [0, 0.05) is 6.42 Å². The van der Waals surface area contributed by atoms with Crippen molar-refractivity contribution >= 4 is 17.0 Å². The predicted octanol–water partition coefficient (Wildman–Crippen LogP) is -0.882. The number of aliphatic hydroxyl groups is 2. The Morgan fingerprint density at radius 2 is 2.33 bits per heavy atom. The molecule has 8 nitrogen and oxygen atoms in total. The highest BCUT2D eigenvalue weighted by Crippen LogP contribution is 2.32. The quantitative estimate of drug-likeness (QED) is 0.545. The molecule has 0 aromatic carbocycles. The molecule has 1 saturated heterocycles. The van der Waals surface area contributed by atoms with Crippen LogP contribution in [0.15, 0.2) is 6.33 Å². The Balaban J connectivity index is 1.97. The first kappa shape index (κ1) is 11.3. The van der Waals surface area contributed by atoms with Gasteiger partial charge in [-0.3, -0.25) is 0 Å². The van der Waals surface area contributed by atoms with Crippen LogP contribution in [0.25, 0.3) is 11.2 Å². The van der Waals surface area contributed by atoms with Gasteiger partial charge >= 0.3 is 0 Å². The van der Waals surface area contributed by atoms with Crippen molar-refractivity contribution < 1.29 is 14.9 Å². The highest BCUT2D eigenvalue weighted by Gasteiger charge is 2.36. The Kier molecular flexibility index (Phi) is 2.62. The van der Waals surface area contributed by atoms with E-state index in [1.54, 1.807) is 0 Å². The fraction of sp³-hybridized carbons (Fsp3) is 0.500. The molecule has 96 valence electrons. The van der Waals surface area contributed by atoms with Crippen molar-refractivity contribution in [1.29, 1.82) is 0 Å². The molecule has 0 aliphatic carbocycles. The third-order valence-electron chi connectivity index (χ3n) is 3.00. The number of rotatable bonds is 2. The number of aliphatic hydroxyl groups excluding tert-OH is 2. The summed E-state index contributed by atoms with van der Waals surface area (Å²) in [6.07, 6.45) is 0.0127. The number of anilines is 1. The summed E-state index contributed by atoms with van der Waals surface area (Å²) in [5.41, 5.74) is 6.65. The molecule has 18 heavy (non-hydrogen) atoms. The summed E-state index contributed by atoms with van der Waals surface area (Å²) in [6, 6.07) is 0. The number of H-pyrrole nitrogens is 1. The molecule has 8 heteroatoms. The largest absolute Gasteiger partial charge is 0.394 e. The zero-order chi connectivity index (χ0) is 12.7. The molecule has 1 aliphatic heterocycles. The van der Waals surface area contributed by atoms with Crippen LogP contribution in [0.2, 0.25) is 0 Å². The summed E-state index contributed by atoms with van der Waals surface area (Å²) >= 11 is 0. The van der Waals surface area contributed by atoms with Gasteiger partial charge < -0.3 is 25.7 Å². The highest BCUT2D eigenvalue weighted by atomic mass is 16.5. The van der Waals surface area contributed by atoms with Crippen LogP contribution in [0.1, 0.15) is 18.3 Å². The lowest BCUT2D eigenvalue weighted by atomic mass is 10.1. The van der Waals surface area contributed by atoms with Crippen LogP contribution in [-0.4, -0.2) is 49.0 Å². The average Bonchev–Trinajstić information content (AvgIpc) is 2.93. The van der Waals surface area contributed by atoms with Crippen LogP contribution in [-0.2, 0) is 4.74 Å². The maximum absolute atomic E-state index is 9.87. The maximum atomic E-state index is 9.87.